The molecule has 1 saturated heterocycles. The van der Waals surface area contributed by atoms with Crippen LogP contribution in [0.15, 0.2) is 29.2 Å². The van der Waals surface area contributed by atoms with E-state index in [1.54, 1.807) is 11.8 Å². The summed E-state index contributed by atoms with van der Waals surface area (Å²) in [4.78, 5) is 15.5. The van der Waals surface area contributed by atoms with Crippen molar-refractivity contribution in [3.63, 3.8) is 0 Å². The number of fused-ring (bicyclic) bond motifs is 1. The number of thioether (sulfide) groups is 1. The van der Waals surface area contributed by atoms with Crippen LogP contribution in [0, 0.1) is 0 Å². The first-order valence-electron chi connectivity index (χ1n) is 6.53. The van der Waals surface area contributed by atoms with Gasteiger partial charge in [-0.2, -0.15) is 0 Å². The minimum Gasteiger partial charge on any atom is -0.394 e. The summed E-state index contributed by atoms with van der Waals surface area (Å²) in [6.07, 6.45) is 0.576. The molecule has 2 unspecified atom stereocenters. The number of morpholine rings is 1. The van der Waals surface area contributed by atoms with Crippen molar-refractivity contribution < 1.29 is 14.6 Å². The van der Waals surface area contributed by atoms with Gasteiger partial charge in [-0.1, -0.05) is 18.2 Å². The van der Waals surface area contributed by atoms with Crippen LogP contribution in [-0.2, 0) is 16.0 Å². The second-order valence-electron chi connectivity index (χ2n) is 4.88. The average Bonchev–Trinajstić information content (AvgIpc) is 2.90. The maximum Gasteiger partial charge on any atom is 0.236 e. The van der Waals surface area contributed by atoms with E-state index < -0.39 is 0 Å². The smallest absolute Gasteiger partial charge is 0.236 e. The number of hydrogen-bond donors (Lipinski definition) is 1. The first kappa shape index (κ1) is 13.0. The normalized spacial score (nSPS) is 26.3. The molecule has 2 atom stereocenters. The molecule has 19 heavy (non-hydrogen) atoms. The Hall–Kier alpha value is -1.04. The number of hydrogen-bond acceptors (Lipinski definition) is 4. The topological polar surface area (TPSA) is 49.8 Å². The van der Waals surface area contributed by atoms with Gasteiger partial charge in [-0.05, 0) is 18.1 Å². The Morgan fingerprint density at radius 1 is 1.47 bits per heavy atom. The lowest BCUT2D eigenvalue weighted by Gasteiger charge is -2.33. The Morgan fingerprint density at radius 2 is 2.32 bits per heavy atom. The zero-order valence-corrected chi connectivity index (χ0v) is 11.4. The van der Waals surface area contributed by atoms with Crippen LogP contribution >= 0.6 is 11.8 Å². The molecule has 3 rings (SSSR count). The molecule has 1 fully saturated rings. The molecule has 1 N–H and O–H groups in total. The quantitative estimate of drug-likeness (QED) is 0.875. The highest BCUT2D eigenvalue weighted by Crippen LogP contribution is 2.37. The summed E-state index contributed by atoms with van der Waals surface area (Å²) < 4.78 is 5.38. The summed E-state index contributed by atoms with van der Waals surface area (Å²) in [5.74, 6) is 0.169. The monoisotopic (exact) mass is 279 g/mol. The number of amides is 1. The minimum atomic E-state index is -0.230. The molecule has 0 spiro atoms. The molecule has 0 aliphatic carbocycles. The zero-order valence-electron chi connectivity index (χ0n) is 10.6. The Bertz CT molecular complexity index is 455. The van der Waals surface area contributed by atoms with Gasteiger partial charge in [0.25, 0.3) is 0 Å². The van der Waals surface area contributed by atoms with Gasteiger partial charge in [0.05, 0.1) is 24.6 Å². The molecule has 0 radical (unpaired) electrons. The van der Waals surface area contributed by atoms with Crippen LogP contribution in [0.25, 0.3) is 0 Å². The van der Waals surface area contributed by atoms with Crippen molar-refractivity contribution in [1.82, 2.24) is 4.90 Å². The highest BCUT2D eigenvalue weighted by molar-refractivity contribution is 8.01. The van der Waals surface area contributed by atoms with Gasteiger partial charge in [-0.15, -0.1) is 11.8 Å². The predicted octanol–water partition coefficient (Wildman–Crippen LogP) is 0.923. The van der Waals surface area contributed by atoms with Crippen LogP contribution in [0.5, 0.6) is 0 Å². The predicted molar refractivity (Wildman–Crippen MR) is 73.2 cm³/mol. The van der Waals surface area contributed by atoms with E-state index in [1.165, 1.54) is 10.5 Å². The summed E-state index contributed by atoms with van der Waals surface area (Å²) in [6.45, 7) is 1.62. The molecule has 2 heterocycles. The number of ether oxygens (including phenoxy) is 1. The summed E-state index contributed by atoms with van der Waals surface area (Å²) in [6, 6.07) is 8.19. The third-order valence-electron chi connectivity index (χ3n) is 3.58. The summed E-state index contributed by atoms with van der Waals surface area (Å²) >= 11 is 1.65. The highest BCUT2D eigenvalue weighted by atomic mass is 32.2. The van der Waals surface area contributed by atoms with Crippen molar-refractivity contribution in [2.45, 2.75) is 22.7 Å². The van der Waals surface area contributed by atoms with Crippen LogP contribution in [0.1, 0.15) is 5.56 Å². The summed E-state index contributed by atoms with van der Waals surface area (Å²) in [7, 11) is 0. The van der Waals surface area contributed by atoms with Gasteiger partial charge in [-0.3, -0.25) is 4.79 Å². The second-order valence-corrected chi connectivity index (χ2v) is 6.12. The molecule has 102 valence electrons. The third-order valence-corrected chi connectivity index (χ3v) is 4.88. The van der Waals surface area contributed by atoms with E-state index in [4.69, 9.17) is 9.84 Å². The first-order valence-corrected chi connectivity index (χ1v) is 7.41. The molecular weight excluding hydrogens is 262 g/mol. The van der Waals surface area contributed by atoms with Crippen molar-refractivity contribution in [3.05, 3.63) is 29.8 Å². The number of benzene rings is 1. The van der Waals surface area contributed by atoms with Gasteiger partial charge in [0.15, 0.2) is 0 Å². The molecule has 0 aromatic heterocycles. The lowest BCUT2D eigenvalue weighted by molar-refractivity contribution is -0.139. The number of rotatable bonds is 2. The van der Waals surface area contributed by atoms with E-state index >= 15 is 0 Å². The minimum absolute atomic E-state index is 0.0187. The molecule has 5 heteroatoms. The summed E-state index contributed by atoms with van der Waals surface area (Å²) in [5, 5.41) is 9.11. The zero-order chi connectivity index (χ0) is 13.2. The van der Waals surface area contributed by atoms with Gasteiger partial charge in [0.1, 0.15) is 0 Å². The van der Waals surface area contributed by atoms with Crippen LogP contribution in [-0.4, -0.2) is 53.6 Å². The van der Waals surface area contributed by atoms with E-state index in [0.29, 0.717) is 19.7 Å². The van der Waals surface area contributed by atoms with E-state index in [9.17, 15) is 4.79 Å². The fraction of sp³-hybridized carbons (Fsp3) is 0.500. The van der Waals surface area contributed by atoms with E-state index in [1.807, 2.05) is 17.0 Å². The van der Waals surface area contributed by atoms with Gasteiger partial charge < -0.3 is 14.7 Å². The van der Waals surface area contributed by atoms with Crippen molar-refractivity contribution in [1.29, 1.82) is 0 Å². The fourth-order valence-electron chi connectivity index (χ4n) is 2.55. The maximum atomic E-state index is 12.5. The number of carbonyl (C=O) groups excluding carboxylic acids is 1. The van der Waals surface area contributed by atoms with Gasteiger partial charge in [0, 0.05) is 18.0 Å². The molecule has 0 saturated carbocycles. The number of carbonyl (C=O) groups is 1. The average molecular weight is 279 g/mol. The molecule has 1 aromatic rings. The lowest BCUT2D eigenvalue weighted by Crippen LogP contribution is -2.49. The molecular formula is C14H17NO3S. The molecule has 2 aliphatic heterocycles. The lowest BCUT2D eigenvalue weighted by atomic mass is 10.1. The van der Waals surface area contributed by atoms with E-state index in [0.717, 1.165) is 6.42 Å². The Balaban J connectivity index is 1.66. The number of nitrogens with zero attached hydrogens (tertiary/aromatic N) is 1. The standard InChI is InChI=1S/C14H17NO3S/c16-9-11-8-15(5-6-18-11)14(17)13-7-10-3-1-2-4-12(10)19-13/h1-4,11,13,16H,5-9H2. The van der Waals surface area contributed by atoms with Gasteiger partial charge >= 0.3 is 0 Å². The molecule has 0 bridgehead atoms. The van der Waals surface area contributed by atoms with Gasteiger partial charge in [0.2, 0.25) is 5.91 Å². The number of aliphatic hydroxyl groups excluding tert-OH is 1. The third kappa shape index (κ3) is 2.63. The van der Waals surface area contributed by atoms with E-state index in [-0.39, 0.29) is 23.9 Å². The molecule has 2 aliphatic rings. The van der Waals surface area contributed by atoms with Crippen LogP contribution in [0.3, 0.4) is 0 Å². The molecule has 4 nitrogen and oxygen atoms in total. The van der Waals surface area contributed by atoms with Crippen molar-refractivity contribution in [2.75, 3.05) is 26.3 Å². The van der Waals surface area contributed by atoms with Crippen molar-refractivity contribution in [3.8, 4) is 0 Å². The second kappa shape index (κ2) is 5.53. The first-order chi connectivity index (χ1) is 9.28. The summed E-state index contributed by atoms with van der Waals surface area (Å²) in [5.41, 5.74) is 1.26. The SMILES string of the molecule is O=C(C1Cc2ccccc2S1)N1CCOC(CO)C1. The largest absolute Gasteiger partial charge is 0.394 e. The number of aliphatic hydroxyl groups is 1. The fourth-order valence-corrected chi connectivity index (χ4v) is 3.83. The van der Waals surface area contributed by atoms with Gasteiger partial charge in [-0.25, -0.2) is 0 Å². The van der Waals surface area contributed by atoms with Crippen molar-refractivity contribution >= 4 is 17.7 Å². The van der Waals surface area contributed by atoms with Crippen LogP contribution in [0.2, 0.25) is 0 Å². The van der Waals surface area contributed by atoms with Crippen LogP contribution < -0.4 is 0 Å². The Morgan fingerprint density at radius 3 is 3.11 bits per heavy atom. The molecule has 1 aromatic carbocycles. The Kier molecular flexibility index (Phi) is 3.77. The molecule has 1 amide bonds. The van der Waals surface area contributed by atoms with Crippen LogP contribution in [0.4, 0.5) is 0 Å². The maximum absolute atomic E-state index is 12.5. The van der Waals surface area contributed by atoms with Crippen molar-refractivity contribution in [2.24, 2.45) is 0 Å². The Labute approximate surface area is 116 Å². The highest BCUT2D eigenvalue weighted by Gasteiger charge is 2.33. The van der Waals surface area contributed by atoms with E-state index in [2.05, 4.69) is 12.1 Å².